The van der Waals surface area contributed by atoms with Crippen molar-refractivity contribution in [2.45, 2.75) is 44.9 Å². The van der Waals surface area contributed by atoms with Gasteiger partial charge in [0.25, 0.3) is 5.91 Å². The number of hydrogen-bond donors (Lipinski definition) is 2. The number of carbonyl (C=O) groups excluding carboxylic acids is 2. The molecule has 4 aliphatic rings. The normalized spacial score (nSPS) is 30.7. The summed E-state index contributed by atoms with van der Waals surface area (Å²) in [5.41, 5.74) is 5.71. The van der Waals surface area contributed by atoms with Crippen molar-refractivity contribution in [2.24, 2.45) is 23.2 Å². The summed E-state index contributed by atoms with van der Waals surface area (Å²) < 4.78 is 10.4. The van der Waals surface area contributed by atoms with Gasteiger partial charge < -0.3 is 9.47 Å². The van der Waals surface area contributed by atoms with E-state index < -0.39 is 0 Å². The highest BCUT2D eigenvalue weighted by atomic mass is 16.5. The van der Waals surface area contributed by atoms with Gasteiger partial charge in [-0.05, 0) is 79.9 Å². The van der Waals surface area contributed by atoms with Crippen LogP contribution in [0.5, 0.6) is 11.5 Å². The van der Waals surface area contributed by atoms with E-state index in [9.17, 15) is 9.59 Å². The third kappa shape index (κ3) is 3.62. The van der Waals surface area contributed by atoms with E-state index in [4.69, 9.17) is 9.47 Å². The van der Waals surface area contributed by atoms with Crippen molar-refractivity contribution >= 4 is 11.8 Å². The summed E-state index contributed by atoms with van der Waals surface area (Å²) in [5, 5.41) is 0. The van der Waals surface area contributed by atoms with E-state index in [1.807, 2.05) is 0 Å². The second-order valence-corrected chi connectivity index (χ2v) is 8.67. The van der Waals surface area contributed by atoms with Gasteiger partial charge in [-0.3, -0.25) is 20.4 Å². The van der Waals surface area contributed by atoms with E-state index in [1.54, 1.807) is 25.3 Å². The maximum absolute atomic E-state index is 12.5. The molecule has 27 heavy (non-hydrogen) atoms. The van der Waals surface area contributed by atoms with Crippen molar-refractivity contribution in [2.75, 3.05) is 14.2 Å². The minimum atomic E-state index is -0.366. The van der Waals surface area contributed by atoms with Crippen LogP contribution in [0.15, 0.2) is 18.2 Å². The Hall–Kier alpha value is -2.24. The molecule has 4 saturated carbocycles. The number of ether oxygens (including phenoxy) is 2. The Morgan fingerprint density at radius 3 is 2.11 bits per heavy atom. The van der Waals surface area contributed by atoms with E-state index in [1.165, 1.54) is 45.6 Å². The van der Waals surface area contributed by atoms with Gasteiger partial charge in [-0.25, -0.2) is 0 Å². The third-order valence-electron chi connectivity index (χ3n) is 6.66. The molecular weight excluding hydrogens is 344 g/mol. The number of hydrazine groups is 1. The molecular formula is C21H28N2O4. The molecule has 2 N–H and O–H groups in total. The zero-order valence-electron chi connectivity index (χ0n) is 16.0. The summed E-state index contributed by atoms with van der Waals surface area (Å²) >= 11 is 0. The van der Waals surface area contributed by atoms with E-state index in [2.05, 4.69) is 10.9 Å². The molecule has 2 amide bonds. The standard InChI is InChI=1S/C21H28N2O4/c1-26-17-4-3-16(8-18(17)27-2)20(25)23-22-19(24)12-21-9-13-5-14(10-21)7-15(6-13)11-21/h3-4,8,13-15H,5-7,9-12H2,1-2H3,(H,22,24)(H,23,25). The maximum Gasteiger partial charge on any atom is 0.269 e. The molecule has 1 aromatic rings. The van der Waals surface area contributed by atoms with E-state index >= 15 is 0 Å². The van der Waals surface area contributed by atoms with E-state index in [0.717, 1.165) is 17.8 Å². The van der Waals surface area contributed by atoms with Crippen molar-refractivity contribution in [1.29, 1.82) is 0 Å². The Morgan fingerprint density at radius 1 is 0.963 bits per heavy atom. The second kappa shape index (κ2) is 7.06. The third-order valence-corrected chi connectivity index (χ3v) is 6.66. The predicted molar refractivity (Wildman–Crippen MR) is 100 cm³/mol. The quantitative estimate of drug-likeness (QED) is 0.779. The Morgan fingerprint density at radius 2 is 1.56 bits per heavy atom. The molecule has 0 heterocycles. The number of amides is 2. The first-order valence-electron chi connectivity index (χ1n) is 9.81. The lowest BCUT2D eigenvalue weighted by Gasteiger charge is -2.56. The van der Waals surface area contributed by atoms with Gasteiger partial charge in [-0.2, -0.15) is 0 Å². The molecule has 6 nitrogen and oxygen atoms in total. The first-order valence-corrected chi connectivity index (χ1v) is 9.81. The van der Waals surface area contributed by atoms with Gasteiger partial charge in [-0.15, -0.1) is 0 Å². The van der Waals surface area contributed by atoms with Crippen molar-refractivity contribution < 1.29 is 19.1 Å². The largest absolute Gasteiger partial charge is 0.493 e. The number of hydrogen-bond acceptors (Lipinski definition) is 4. The molecule has 0 spiro atoms. The lowest BCUT2D eigenvalue weighted by atomic mass is 9.49. The van der Waals surface area contributed by atoms with Crippen LogP contribution in [0.2, 0.25) is 0 Å². The van der Waals surface area contributed by atoms with Crippen LogP contribution in [0, 0.1) is 23.2 Å². The molecule has 0 aliphatic heterocycles. The number of methoxy groups -OCH3 is 2. The first-order chi connectivity index (χ1) is 13.0. The van der Waals surface area contributed by atoms with Gasteiger partial charge in [0.05, 0.1) is 14.2 Å². The molecule has 6 heteroatoms. The lowest BCUT2D eigenvalue weighted by molar-refractivity contribution is -0.130. The van der Waals surface area contributed by atoms with Crippen LogP contribution in [-0.2, 0) is 4.79 Å². The molecule has 5 rings (SSSR count). The summed E-state index contributed by atoms with van der Waals surface area (Å²) in [4.78, 5) is 24.9. The van der Waals surface area contributed by atoms with Crippen LogP contribution in [0.1, 0.15) is 55.3 Å². The minimum absolute atomic E-state index is 0.0919. The average molecular weight is 372 g/mol. The van der Waals surface area contributed by atoms with Crippen LogP contribution in [0.3, 0.4) is 0 Å². The van der Waals surface area contributed by atoms with Gasteiger partial charge in [0.15, 0.2) is 11.5 Å². The first kappa shape index (κ1) is 18.1. The predicted octanol–water partition coefficient (Wildman–Crippen LogP) is 3.07. The van der Waals surface area contributed by atoms with Crippen molar-refractivity contribution in [1.82, 2.24) is 10.9 Å². The Bertz CT molecular complexity index is 710. The number of carbonyl (C=O) groups is 2. The average Bonchev–Trinajstić information content (AvgIpc) is 2.64. The Kier molecular flexibility index (Phi) is 4.74. The molecule has 0 unspecified atom stereocenters. The SMILES string of the molecule is COc1ccc(C(=O)NNC(=O)CC23CC4CC(CC(C4)C2)C3)cc1OC. The highest BCUT2D eigenvalue weighted by molar-refractivity contribution is 5.96. The Labute approximate surface area is 160 Å². The number of nitrogens with one attached hydrogen (secondary N) is 2. The fourth-order valence-corrected chi connectivity index (χ4v) is 6.07. The monoisotopic (exact) mass is 372 g/mol. The van der Waals surface area contributed by atoms with Gasteiger partial charge in [0.2, 0.25) is 5.91 Å². The highest BCUT2D eigenvalue weighted by Gasteiger charge is 2.51. The van der Waals surface area contributed by atoms with Crippen LogP contribution < -0.4 is 20.3 Å². The molecule has 4 bridgehead atoms. The Balaban J connectivity index is 1.34. The number of rotatable bonds is 5. The van der Waals surface area contributed by atoms with E-state index in [0.29, 0.717) is 23.5 Å². The second-order valence-electron chi connectivity index (χ2n) is 8.67. The number of benzene rings is 1. The van der Waals surface area contributed by atoms with Gasteiger partial charge in [0, 0.05) is 12.0 Å². The van der Waals surface area contributed by atoms with Crippen molar-refractivity contribution in [3.8, 4) is 11.5 Å². The molecule has 4 fully saturated rings. The summed E-state index contributed by atoms with van der Waals surface area (Å²) in [6.45, 7) is 0. The maximum atomic E-state index is 12.5. The fraction of sp³-hybridized carbons (Fsp3) is 0.619. The summed E-state index contributed by atoms with van der Waals surface area (Å²) in [5.74, 6) is 3.01. The summed E-state index contributed by atoms with van der Waals surface area (Å²) in [6.07, 6.45) is 8.12. The fourth-order valence-electron chi connectivity index (χ4n) is 6.07. The smallest absolute Gasteiger partial charge is 0.269 e. The summed E-state index contributed by atoms with van der Waals surface area (Å²) in [6, 6.07) is 4.91. The molecule has 0 radical (unpaired) electrons. The zero-order valence-corrected chi connectivity index (χ0v) is 16.0. The molecule has 0 atom stereocenters. The van der Waals surface area contributed by atoms with Crippen LogP contribution in [0.4, 0.5) is 0 Å². The van der Waals surface area contributed by atoms with E-state index in [-0.39, 0.29) is 17.2 Å². The molecule has 1 aromatic carbocycles. The molecule has 0 saturated heterocycles. The minimum Gasteiger partial charge on any atom is -0.493 e. The van der Waals surface area contributed by atoms with Crippen LogP contribution in [-0.4, -0.2) is 26.0 Å². The molecule has 0 aromatic heterocycles. The van der Waals surface area contributed by atoms with Gasteiger partial charge >= 0.3 is 0 Å². The summed E-state index contributed by atoms with van der Waals surface area (Å²) in [7, 11) is 3.06. The zero-order chi connectivity index (χ0) is 19.0. The van der Waals surface area contributed by atoms with Crippen LogP contribution >= 0.6 is 0 Å². The molecule has 4 aliphatic carbocycles. The van der Waals surface area contributed by atoms with Crippen molar-refractivity contribution in [3.63, 3.8) is 0 Å². The topological polar surface area (TPSA) is 76.7 Å². The highest BCUT2D eigenvalue weighted by Crippen LogP contribution is 2.61. The van der Waals surface area contributed by atoms with Crippen LogP contribution in [0.25, 0.3) is 0 Å². The van der Waals surface area contributed by atoms with Gasteiger partial charge in [-0.1, -0.05) is 0 Å². The molecule has 146 valence electrons. The van der Waals surface area contributed by atoms with Gasteiger partial charge in [0.1, 0.15) is 0 Å². The van der Waals surface area contributed by atoms with Crippen molar-refractivity contribution in [3.05, 3.63) is 23.8 Å². The lowest BCUT2D eigenvalue weighted by Crippen LogP contribution is -2.50.